The number of ketones is 1. The highest BCUT2D eigenvalue weighted by molar-refractivity contribution is 6.01. The molecule has 4 rings (SSSR count). The predicted molar refractivity (Wildman–Crippen MR) is 98.4 cm³/mol. The Morgan fingerprint density at radius 3 is 2.58 bits per heavy atom. The van der Waals surface area contributed by atoms with Crippen molar-refractivity contribution >= 4 is 11.6 Å². The van der Waals surface area contributed by atoms with Crippen LogP contribution in [0.15, 0.2) is 46.4 Å². The molecule has 0 saturated carbocycles. The van der Waals surface area contributed by atoms with Gasteiger partial charge in [0, 0.05) is 23.6 Å². The molecular formula is C20H21N3O3. The second-order valence-electron chi connectivity index (χ2n) is 7.64. The first-order chi connectivity index (χ1) is 12.4. The fourth-order valence-corrected chi connectivity index (χ4v) is 3.97. The van der Waals surface area contributed by atoms with E-state index < -0.39 is 5.92 Å². The molecule has 0 spiro atoms. The van der Waals surface area contributed by atoms with Gasteiger partial charge in [-0.2, -0.15) is 4.98 Å². The molecule has 1 aromatic heterocycles. The number of hydrogen-bond donors (Lipinski definition) is 2. The number of fused-ring (bicyclic) bond motifs is 1. The van der Waals surface area contributed by atoms with Crippen LogP contribution in [0.2, 0.25) is 0 Å². The summed E-state index contributed by atoms with van der Waals surface area (Å²) in [6.07, 6.45) is 1.20. The zero-order valence-electron chi connectivity index (χ0n) is 15.1. The number of anilines is 1. The molecule has 26 heavy (non-hydrogen) atoms. The number of allylic oxidation sites excluding steroid dienone is 2. The van der Waals surface area contributed by atoms with Gasteiger partial charge >= 0.3 is 0 Å². The molecule has 134 valence electrons. The Balaban J connectivity index is 1.98. The number of rotatable bonds is 2. The molecule has 0 saturated heterocycles. The Hall–Kier alpha value is -2.89. The molecule has 0 bridgehead atoms. The number of nitrogens with zero attached hydrogens (tertiary/aromatic N) is 1. The number of ether oxygens (including phenoxy) is 1. The van der Waals surface area contributed by atoms with E-state index >= 15 is 0 Å². The molecule has 1 aliphatic heterocycles. The van der Waals surface area contributed by atoms with Crippen molar-refractivity contribution in [3.05, 3.63) is 63.1 Å². The fraction of sp³-hybridized carbons (Fsp3) is 0.350. The van der Waals surface area contributed by atoms with Crippen LogP contribution in [-0.4, -0.2) is 22.9 Å². The van der Waals surface area contributed by atoms with Crippen molar-refractivity contribution in [2.75, 3.05) is 12.4 Å². The van der Waals surface area contributed by atoms with Crippen LogP contribution in [0.1, 0.15) is 43.7 Å². The van der Waals surface area contributed by atoms with Crippen LogP contribution < -0.4 is 15.6 Å². The van der Waals surface area contributed by atoms with Crippen molar-refractivity contribution < 1.29 is 9.53 Å². The minimum Gasteiger partial charge on any atom is -0.468 e. The van der Waals surface area contributed by atoms with Crippen molar-refractivity contribution in [3.63, 3.8) is 0 Å². The summed E-state index contributed by atoms with van der Waals surface area (Å²) < 4.78 is 5.11. The van der Waals surface area contributed by atoms with E-state index in [4.69, 9.17) is 4.74 Å². The van der Waals surface area contributed by atoms with Crippen molar-refractivity contribution in [3.8, 4) is 6.01 Å². The molecule has 0 amide bonds. The monoisotopic (exact) mass is 351 g/mol. The summed E-state index contributed by atoms with van der Waals surface area (Å²) in [7, 11) is 1.46. The van der Waals surface area contributed by atoms with Gasteiger partial charge in [-0.15, -0.1) is 0 Å². The van der Waals surface area contributed by atoms with Gasteiger partial charge in [0.2, 0.25) is 0 Å². The molecule has 1 aliphatic carbocycles. The fourth-order valence-electron chi connectivity index (χ4n) is 3.97. The average Bonchev–Trinajstić information content (AvgIpc) is 2.59. The summed E-state index contributed by atoms with van der Waals surface area (Å²) >= 11 is 0. The molecule has 2 N–H and O–H groups in total. The van der Waals surface area contributed by atoms with E-state index in [-0.39, 0.29) is 22.8 Å². The van der Waals surface area contributed by atoms with E-state index in [1.165, 1.54) is 7.11 Å². The highest BCUT2D eigenvalue weighted by Crippen LogP contribution is 2.47. The minimum atomic E-state index is -0.423. The maximum atomic E-state index is 13.0. The van der Waals surface area contributed by atoms with Gasteiger partial charge in [-0.25, -0.2) is 0 Å². The van der Waals surface area contributed by atoms with Gasteiger partial charge in [0.1, 0.15) is 5.82 Å². The largest absolute Gasteiger partial charge is 0.468 e. The Bertz CT molecular complexity index is 974. The summed E-state index contributed by atoms with van der Waals surface area (Å²) in [5, 5.41) is 3.25. The number of methoxy groups -OCH3 is 1. The number of carbonyl (C=O) groups excluding carboxylic acids is 1. The van der Waals surface area contributed by atoms with Crippen LogP contribution >= 0.6 is 0 Å². The maximum absolute atomic E-state index is 13.0. The van der Waals surface area contributed by atoms with Gasteiger partial charge < -0.3 is 10.1 Å². The number of H-pyrrole nitrogens is 1. The summed E-state index contributed by atoms with van der Waals surface area (Å²) in [5.41, 5.74) is 2.48. The molecule has 1 unspecified atom stereocenters. The van der Waals surface area contributed by atoms with Crippen molar-refractivity contribution in [1.82, 2.24) is 9.97 Å². The first kappa shape index (κ1) is 16.6. The molecule has 2 heterocycles. The average molecular weight is 351 g/mol. The highest BCUT2D eigenvalue weighted by atomic mass is 16.5. The van der Waals surface area contributed by atoms with Gasteiger partial charge in [0.15, 0.2) is 5.78 Å². The molecule has 2 aromatic rings. The molecular weight excluding hydrogens is 330 g/mol. The normalized spacial score (nSPS) is 20.9. The Morgan fingerprint density at radius 1 is 1.15 bits per heavy atom. The van der Waals surface area contributed by atoms with Gasteiger partial charge in [-0.05, 0) is 17.4 Å². The van der Waals surface area contributed by atoms with Crippen molar-refractivity contribution in [2.24, 2.45) is 5.41 Å². The summed E-state index contributed by atoms with van der Waals surface area (Å²) in [4.78, 5) is 32.8. The van der Waals surface area contributed by atoms with E-state index in [0.29, 0.717) is 23.4 Å². The van der Waals surface area contributed by atoms with Gasteiger partial charge in [-0.1, -0.05) is 44.2 Å². The number of aromatic amines is 1. The second-order valence-corrected chi connectivity index (χ2v) is 7.64. The molecule has 1 aromatic carbocycles. The number of Topliss-reactive ketones (excluding diaryl/α,β-unsaturated/α-hetero) is 1. The smallest absolute Gasteiger partial charge is 0.298 e. The van der Waals surface area contributed by atoms with Gasteiger partial charge in [0.05, 0.1) is 12.7 Å². The van der Waals surface area contributed by atoms with Crippen molar-refractivity contribution in [2.45, 2.75) is 32.6 Å². The lowest BCUT2D eigenvalue weighted by Gasteiger charge is -2.38. The summed E-state index contributed by atoms with van der Waals surface area (Å²) in [6, 6.07) is 9.79. The third-order valence-corrected chi connectivity index (χ3v) is 5.03. The SMILES string of the molecule is COc1nc2c(c(=O)[nH]1)C(c1ccccc1)C1=C(CC(C)(C)CC1=O)N2. The lowest BCUT2D eigenvalue weighted by Crippen LogP contribution is -2.36. The Kier molecular flexibility index (Phi) is 3.72. The molecule has 6 heteroatoms. The molecule has 1 atom stereocenters. The molecule has 6 nitrogen and oxygen atoms in total. The number of nitrogens with one attached hydrogen (secondary N) is 2. The first-order valence-electron chi connectivity index (χ1n) is 8.66. The first-order valence-corrected chi connectivity index (χ1v) is 8.66. The van der Waals surface area contributed by atoms with E-state index in [1.54, 1.807) is 0 Å². The third kappa shape index (κ3) is 2.62. The van der Waals surface area contributed by atoms with Crippen LogP contribution in [0.25, 0.3) is 0 Å². The standard InChI is InChI=1S/C20H21N3O3/c1-20(2)9-12-15(13(24)10-20)14(11-7-5-4-6-8-11)16-17(21-12)22-19(26-3)23-18(16)25/h4-8,14H,9-10H2,1-3H3,(H2,21,22,23,25). The zero-order valence-corrected chi connectivity index (χ0v) is 15.1. The van der Waals surface area contributed by atoms with Crippen molar-refractivity contribution in [1.29, 1.82) is 0 Å². The third-order valence-electron chi connectivity index (χ3n) is 5.03. The quantitative estimate of drug-likeness (QED) is 0.869. The Morgan fingerprint density at radius 2 is 1.88 bits per heavy atom. The summed E-state index contributed by atoms with van der Waals surface area (Å²) in [6.45, 7) is 4.16. The Labute approximate surface area is 151 Å². The van der Waals surface area contributed by atoms with E-state index in [2.05, 4.69) is 29.1 Å². The lowest BCUT2D eigenvalue weighted by atomic mass is 9.69. The van der Waals surface area contributed by atoms with Crippen LogP contribution in [0.5, 0.6) is 6.01 Å². The van der Waals surface area contributed by atoms with Crippen LogP contribution in [0.4, 0.5) is 5.82 Å². The van der Waals surface area contributed by atoms with E-state index in [9.17, 15) is 9.59 Å². The summed E-state index contributed by atoms with van der Waals surface area (Å²) in [5.74, 6) is 0.121. The maximum Gasteiger partial charge on any atom is 0.298 e. The lowest BCUT2D eigenvalue weighted by molar-refractivity contribution is -0.118. The topological polar surface area (TPSA) is 84.1 Å². The number of hydrogen-bond acceptors (Lipinski definition) is 5. The molecule has 0 radical (unpaired) electrons. The molecule has 0 fully saturated rings. The van der Waals surface area contributed by atoms with Crippen LogP contribution in [0, 0.1) is 5.41 Å². The van der Waals surface area contributed by atoms with Gasteiger partial charge in [-0.3, -0.25) is 14.6 Å². The second kappa shape index (κ2) is 5.83. The highest BCUT2D eigenvalue weighted by Gasteiger charge is 2.42. The zero-order chi connectivity index (χ0) is 18.5. The number of benzene rings is 1. The van der Waals surface area contributed by atoms with Gasteiger partial charge in [0.25, 0.3) is 11.6 Å². The number of aromatic nitrogens is 2. The van der Waals surface area contributed by atoms with Crippen LogP contribution in [-0.2, 0) is 4.79 Å². The van der Waals surface area contributed by atoms with E-state index in [1.807, 2.05) is 30.3 Å². The predicted octanol–water partition coefficient (Wildman–Crippen LogP) is 2.98. The number of carbonyl (C=O) groups is 1. The minimum absolute atomic E-state index is 0.0819. The van der Waals surface area contributed by atoms with Crippen LogP contribution in [0.3, 0.4) is 0 Å². The van der Waals surface area contributed by atoms with E-state index in [0.717, 1.165) is 17.7 Å². The molecule has 2 aliphatic rings.